The monoisotopic (exact) mass is 566 g/mol. The van der Waals surface area contributed by atoms with Gasteiger partial charge in [-0.3, -0.25) is 9.78 Å². The number of hydrogen-bond acceptors (Lipinski definition) is 6. The summed E-state index contributed by atoms with van der Waals surface area (Å²) in [6.07, 6.45) is 5.68. The Morgan fingerprint density at radius 3 is 2.56 bits per heavy atom. The van der Waals surface area contributed by atoms with Gasteiger partial charge < -0.3 is 9.08 Å². The topological polar surface area (TPSA) is 85.8 Å². The summed E-state index contributed by atoms with van der Waals surface area (Å²) in [6.45, 7) is 3.16. The van der Waals surface area contributed by atoms with E-state index in [9.17, 15) is 13.2 Å². The number of likely N-dealkylation sites (tertiary alicyclic amines) is 1. The van der Waals surface area contributed by atoms with Crippen LogP contribution < -0.4 is 4.18 Å². The third-order valence-corrected chi connectivity index (χ3v) is 8.17. The number of pyridine rings is 1. The van der Waals surface area contributed by atoms with Crippen LogP contribution in [0.15, 0.2) is 66.4 Å². The summed E-state index contributed by atoms with van der Waals surface area (Å²) in [5.74, 6) is 0.323. The minimum absolute atomic E-state index is 0.0725. The zero-order chi connectivity index (χ0) is 27.4. The summed E-state index contributed by atoms with van der Waals surface area (Å²) in [5, 5.41) is 0.629. The third-order valence-electron chi connectivity index (χ3n) is 7.09. The summed E-state index contributed by atoms with van der Waals surface area (Å²) in [5.41, 5.74) is 7.37. The van der Waals surface area contributed by atoms with Crippen molar-refractivity contribution in [3.8, 4) is 5.75 Å². The molecule has 7 nitrogen and oxygen atoms in total. The molecule has 0 bridgehead atoms. The second-order valence-corrected chi connectivity index (χ2v) is 11.5. The molecule has 204 valence electrons. The second kappa shape index (κ2) is 11.9. The van der Waals surface area contributed by atoms with E-state index in [2.05, 4.69) is 6.07 Å². The second-order valence-electron chi connectivity index (χ2n) is 9.81. The Morgan fingerprint density at radius 2 is 1.79 bits per heavy atom. The molecule has 5 rings (SSSR count). The summed E-state index contributed by atoms with van der Waals surface area (Å²) < 4.78 is 34.5. The predicted octanol–water partition coefficient (Wildman–Crippen LogP) is 5.55. The number of rotatable bonds is 7. The van der Waals surface area contributed by atoms with Crippen molar-refractivity contribution in [1.82, 2.24) is 9.88 Å². The van der Waals surface area contributed by atoms with Crippen molar-refractivity contribution in [2.75, 3.05) is 19.7 Å². The van der Waals surface area contributed by atoms with E-state index >= 15 is 0 Å². The molecule has 1 saturated heterocycles. The Kier molecular flexibility index (Phi) is 8.35. The van der Waals surface area contributed by atoms with E-state index in [1.807, 2.05) is 48.4 Å². The lowest BCUT2D eigenvalue weighted by Gasteiger charge is -2.30. The number of carbonyl (C=O) groups excluding carboxylic acids is 1. The van der Waals surface area contributed by atoms with Gasteiger partial charge in [0.1, 0.15) is 5.75 Å². The van der Waals surface area contributed by atoms with Crippen molar-refractivity contribution in [3.63, 3.8) is 0 Å². The van der Waals surface area contributed by atoms with Crippen LogP contribution in [0.4, 0.5) is 0 Å². The van der Waals surface area contributed by atoms with E-state index in [1.54, 1.807) is 18.2 Å². The maximum absolute atomic E-state index is 13.0. The summed E-state index contributed by atoms with van der Waals surface area (Å²) in [6, 6.07) is 16.8. The summed E-state index contributed by atoms with van der Waals surface area (Å²) in [7, 11) is -4.13. The van der Waals surface area contributed by atoms with Gasteiger partial charge in [-0.15, -0.1) is 0 Å². The maximum atomic E-state index is 13.0. The van der Waals surface area contributed by atoms with Crippen LogP contribution in [0.2, 0.25) is 5.02 Å². The van der Waals surface area contributed by atoms with E-state index in [0.717, 1.165) is 59.2 Å². The van der Waals surface area contributed by atoms with E-state index in [1.165, 1.54) is 5.57 Å². The van der Waals surface area contributed by atoms with Crippen LogP contribution >= 0.6 is 11.6 Å². The van der Waals surface area contributed by atoms with Crippen LogP contribution in [0.25, 0.3) is 5.57 Å². The first-order valence-electron chi connectivity index (χ1n) is 13.2. The summed E-state index contributed by atoms with van der Waals surface area (Å²) >= 11 is 6.10. The molecule has 9 heteroatoms. The van der Waals surface area contributed by atoms with Crippen LogP contribution in [0.1, 0.15) is 54.1 Å². The number of aryl methyl sites for hydroxylation is 2. The highest BCUT2D eigenvalue weighted by atomic mass is 35.5. The highest BCUT2D eigenvalue weighted by molar-refractivity contribution is 7.82. The lowest BCUT2D eigenvalue weighted by atomic mass is 9.88. The number of fused-ring (bicyclic) bond motifs is 2. The number of benzene rings is 2. The van der Waals surface area contributed by atoms with Crippen LogP contribution in [0, 0.1) is 0 Å². The lowest BCUT2D eigenvalue weighted by molar-refractivity contribution is -0.130. The number of amides is 1. The van der Waals surface area contributed by atoms with Gasteiger partial charge in [0.05, 0.1) is 18.7 Å². The van der Waals surface area contributed by atoms with Gasteiger partial charge >= 0.3 is 10.4 Å². The van der Waals surface area contributed by atoms with Gasteiger partial charge in [0.2, 0.25) is 5.91 Å². The Labute approximate surface area is 234 Å². The molecule has 2 aliphatic rings. The standard InChI is InChI=1S/C30H31ClN2O5S/c1-2-17-37-39(35,36)38-26-10-11-27-24(20-26)9-8-23-6-4-14-32-30(23)29(27)22-12-15-33(16-13-22)28(34)19-21-5-3-7-25(31)18-21/h3-7,10-11,14,18,20H,2,8-9,12-13,15-17,19H2,1H3. The number of aromatic nitrogens is 1. The molecule has 3 aromatic rings. The molecule has 1 amide bonds. The van der Waals surface area contributed by atoms with Crippen molar-refractivity contribution < 1.29 is 21.6 Å². The molecule has 0 spiro atoms. The summed E-state index contributed by atoms with van der Waals surface area (Å²) in [4.78, 5) is 19.7. The molecule has 0 saturated carbocycles. The first-order valence-corrected chi connectivity index (χ1v) is 14.9. The van der Waals surface area contributed by atoms with Gasteiger partial charge in [0.25, 0.3) is 0 Å². The van der Waals surface area contributed by atoms with Gasteiger partial charge in [-0.1, -0.05) is 48.4 Å². The minimum Gasteiger partial charge on any atom is -0.362 e. The van der Waals surface area contributed by atoms with Gasteiger partial charge in [0.15, 0.2) is 0 Å². The molecular formula is C30H31ClN2O5S. The molecule has 1 aliphatic carbocycles. The number of halogens is 1. The largest absolute Gasteiger partial charge is 0.449 e. The van der Waals surface area contributed by atoms with Gasteiger partial charge in [-0.25, -0.2) is 4.18 Å². The Morgan fingerprint density at radius 1 is 1.00 bits per heavy atom. The van der Waals surface area contributed by atoms with Crippen molar-refractivity contribution in [1.29, 1.82) is 0 Å². The van der Waals surface area contributed by atoms with Gasteiger partial charge in [0, 0.05) is 29.9 Å². The van der Waals surface area contributed by atoms with E-state index in [4.69, 9.17) is 25.0 Å². The average molecular weight is 567 g/mol. The van der Waals surface area contributed by atoms with Crippen LogP contribution in [0.5, 0.6) is 5.75 Å². The van der Waals surface area contributed by atoms with E-state index in [0.29, 0.717) is 31.0 Å². The van der Waals surface area contributed by atoms with Crippen molar-refractivity contribution in [2.45, 2.75) is 45.4 Å². The molecule has 0 unspecified atom stereocenters. The van der Waals surface area contributed by atoms with Crippen molar-refractivity contribution >= 4 is 33.5 Å². The highest BCUT2D eigenvalue weighted by Crippen LogP contribution is 2.39. The molecule has 2 aromatic carbocycles. The smallest absolute Gasteiger partial charge is 0.362 e. The van der Waals surface area contributed by atoms with E-state index in [-0.39, 0.29) is 18.3 Å². The molecule has 0 atom stereocenters. The fourth-order valence-electron chi connectivity index (χ4n) is 5.23. The molecule has 1 aromatic heterocycles. The Balaban J connectivity index is 1.41. The van der Waals surface area contributed by atoms with Gasteiger partial charge in [-0.05, 0) is 84.7 Å². The molecule has 1 aliphatic heterocycles. The third kappa shape index (κ3) is 6.52. The normalized spacial score (nSPS) is 15.4. The first kappa shape index (κ1) is 27.4. The quantitative estimate of drug-likeness (QED) is 0.373. The number of piperidine rings is 1. The number of carbonyl (C=O) groups is 1. The van der Waals surface area contributed by atoms with Crippen LogP contribution in [-0.2, 0) is 38.6 Å². The predicted molar refractivity (Wildman–Crippen MR) is 151 cm³/mol. The van der Waals surface area contributed by atoms with Crippen molar-refractivity contribution in [3.05, 3.63) is 99.3 Å². The fourth-order valence-corrected chi connectivity index (χ4v) is 6.20. The molecule has 2 heterocycles. The molecule has 0 N–H and O–H groups in total. The molecule has 0 radical (unpaired) electrons. The lowest BCUT2D eigenvalue weighted by Crippen LogP contribution is -2.37. The molecule has 39 heavy (non-hydrogen) atoms. The van der Waals surface area contributed by atoms with Gasteiger partial charge in [-0.2, -0.15) is 8.42 Å². The Bertz CT molecular complexity index is 1510. The van der Waals surface area contributed by atoms with E-state index < -0.39 is 10.4 Å². The minimum atomic E-state index is -4.13. The fraction of sp³-hybridized carbons (Fsp3) is 0.333. The average Bonchev–Trinajstić information content (AvgIpc) is 3.08. The first-order chi connectivity index (χ1) is 18.8. The Hall–Kier alpha value is -3.20. The van der Waals surface area contributed by atoms with Crippen LogP contribution in [-0.4, -0.2) is 43.9 Å². The maximum Gasteiger partial charge on any atom is 0.449 e. The molecule has 1 fully saturated rings. The SMILES string of the molecule is CCCOS(=O)(=O)Oc1ccc2c(c1)CCc1cccnc1C2=C1CCN(C(=O)Cc2cccc(Cl)c2)CC1. The number of nitrogens with zero attached hydrogens (tertiary/aromatic N) is 2. The highest BCUT2D eigenvalue weighted by Gasteiger charge is 2.27. The zero-order valence-electron chi connectivity index (χ0n) is 21.9. The van der Waals surface area contributed by atoms with Crippen LogP contribution in [0.3, 0.4) is 0 Å². The zero-order valence-corrected chi connectivity index (χ0v) is 23.4. The van der Waals surface area contributed by atoms with Crippen molar-refractivity contribution in [2.24, 2.45) is 0 Å². The molecular weight excluding hydrogens is 536 g/mol. The number of hydrogen-bond donors (Lipinski definition) is 0.